The van der Waals surface area contributed by atoms with E-state index < -0.39 is 0 Å². The number of hydrogen-bond acceptors (Lipinski definition) is 4. The number of fused-ring (bicyclic) bond motifs is 4. The number of aromatic nitrogens is 2. The fourth-order valence-corrected chi connectivity index (χ4v) is 6.62. The molecule has 7 aromatic rings. The molecule has 0 radical (unpaired) electrons. The molecule has 6 nitrogen and oxygen atoms in total. The topological polar surface area (TPSA) is 105 Å². The van der Waals surface area contributed by atoms with Gasteiger partial charge < -0.3 is 9.13 Å². The predicted octanol–water partition coefficient (Wildman–Crippen LogP) is 9.56. The van der Waals surface area contributed by atoms with Crippen LogP contribution in [-0.2, 0) is 0 Å². The van der Waals surface area contributed by atoms with E-state index in [4.69, 9.17) is 0 Å². The van der Waals surface area contributed by atoms with Gasteiger partial charge in [0.15, 0.2) is 0 Å². The Balaban J connectivity index is 1.50. The van der Waals surface area contributed by atoms with Crippen molar-refractivity contribution in [2.24, 2.45) is 0 Å². The van der Waals surface area contributed by atoms with Crippen LogP contribution in [0.2, 0.25) is 0 Å². The van der Waals surface area contributed by atoms with Gasteiger partial charge >= 0.3 is 0 Å². The third-order valence-electron chi connectivity index (χ3n) is 8.58. The van der Waals surface area contributed by atoms with Crippen LogP contribution in [0.25, 0.3) is 67.4 Å². The molecule has 0 saturated heterocycles. The van der Waals surface area contributed by atoms with Gasteiger partial charge in [0.1, 0.15) is 24.3 Å². The molecule has 0 aliphatic carbocycles. The minimum Gasteiger partial charge on any atom is -0.307 e. The Morgan fingerprint density at radius 1 is 0.553 bits per heavy atom. The van der Waals surface area contributed by atoms with Gasteiger partial charge in [-0.2, -0.15) is 21.0 Å². The molecule has 0 bridgehead atoms. The van der Waals surface area contributed by atoms with Crippen LogP contribution in [0.3, 0.4) is 0 Å². The van der Waals surface area contributed by atoms with Crippen molar-refractivity contribution in [3.8, 4) is 46.8 Å². The Morgan fingerprint density at radius 2 is 1.04 bits per heavy atom. The Morgan fingerprint density at radius 3 is 1.57 bits per heavy atom. The van der Waals surface area contributed by atoms with Crippen molar-refractivity contribution in [2.75, 3.05) is 0 Å². The molecule has 0 N–H and O–H groups in total. The lowest BCUT2D eigenvalue weighted by molar-refractivity contribution is 1.09. The third-order valence-corrected chi connectivity index (χ3v) is 8.58. The predicted molar refractivity (Wildman–Crippen MR) is 187 cm³/mol. The normalized spacial score (nSPS) is 11.0. The first-order chi connectivity index (χ1) is 23.1. The van der Waals surface area contributed by atoms with Gasteiger partial charge in [-0.25, -0.2) is 0 Å². The monoisotopic (exact) mass is 600 g/mol. The molecule has 2 heterocycles. The molecular formula is C41H24N6. The van der Waals surface area contributed by atoms with Gasteiger partial charge in [0.05, 0.1) is 55.9 Å². The van der Waals surface area contributed by atoms with E-state index >= 15 is 0 Å². The summed E-state index contributed by atoms with van der Waals surface area (Å²) in [7, 11) is 0. The average Bonchev–Trinajstić information content (AvgIpc) is 3.61. The lowest BCUT2D eigenvalue weighted by atomic mass is 10.00. The molecule has 5 aromatic carbocycles. The van der Waals surface area contributed by atoms with Crippen LogP contribution in [0.5, 0.6) is 0 Å². The SMILES string of the molecule is C=Cc1c(/C=C\C)n(-c2c(C#N)cccc2C#N)c2ccc(-c3ccc4c(c3)c3ccccc3n4-c3c(C#N)cccc3C#N)cc12. The third kappa shape index (κ3) is 4.30. The highest BCUT2D eigenvalue weighted by Gasteiger charge is 2.22. The first-order valence-electron chi connectivity index (χ1n) is 14.9. The summed E-state index contributed by atoms with van der Waals surface area (Å²) in [6.45, 7) is 6.06. The second kappa shape index (κ2) is 11.4. The van der Waals surface area contributed by atoms with Crippen LogP contribution in [-0.4, -0.2) is 9.13 Å². The molecule has 47 heavy (non-hydrogen) atoms. The van der Waals surface area contributed by atoms with E-state index in [-0.39, 0.29) is 0 Å². The number of benzene rings is 5. The molecule has 0 amide bonds. The minimum atomic E-state index is 0.408. The van der Waals surface area contributed by atoms with Crippen LogP contribution in [0, 0.1) is 45.3 Å². The summed E-state index contributed by atoms with van der Waals surface area (Å²) in [5, 5.41) is 42.9. The van der Waals surface area contributed by atoms with Crippen molar-refractivity contribution < 1.29 is 0 Å². The number of para-hydroxylation sites is 3. The quantitative estimate of drug-likeness (QED) is 0.196. The highest BCUT2D eigenvalue weighted by molar-refractivity contribution is 6.11. The number of rotatable bonds is 5. The second-order valence-corrected chi connectivity index (χ2v) is 11.0. The van der Waals surface area contributed by atoms with Crippen molar-refractivity contribution in [3.05, 3.63) is 143 Å². The van der Waals surface area contributed by atoms with Crippen LogP contribution in [0.15, 0.2) is 110 Å². The summed E-state index contributed by atoms with van der Waals surface area (Å²) in [5.74, 6) is 0. The van der Waals surface area contributed by atoms with Gasteiger partial charge in [-0.3, -0.25) is 0 Å². The Bertz CT molecular complexity index is 2590. The molecule has 0 aliphatic rings. The summed E-state index contributed by atoms with van der Waals surface area (Å²) in [4.78, 5) is 0. The summed E-state index contributed by atoms with van der Waals surface area (Å²) >= 11 is 0. The van der Waals surface area contributed by atoms with Crippen molar-refractivity contribution >= 4 is 44.9 Å². The standard InChI is InChI=1S/C41H24N6/c1-3-9-36-32(4-2)34-20-26(16-18-38(34)46(36)40-28(22-42)10-7-11-29(40)23-43)27-17-19-39-35(21-27)33-14-5-6-15-37(33)47(39)41-30(24-44)12-8-13-31(41)25-45/h3-21H,2H2,1H3/b9-3-. The van der Waals surface area contributed by atoms with E-state index in [0.717, 1.165) is 55.1 Å². The highest BCUT2D eigenvalue weighted by Crippen LogP contribution is 2.39. The van der Waals surface area contributed by atoms with Crippen molar-refractivity contribution in [1.82, 2.24) is 9.13 Å². The summed E-state index contributed by atoms with van der Waals surface area (Å²) in [6.07, 6.45) is 5.72. The van der Waals surface area contributed by atoms with Crippen molar-refractivity contribution in [2.45, 2.75) is 6.92 Å². The Labute approximate surface area is 271 Å². The number of nitrogens with zero attached hydrogens (tertiary/aromatic N) is 6. The van der Waals surface area contributed by atoms with Gasteiger partial charge in [0, 0.05) is 21.7 Å². The van der Waals surface area contributed by atoms with E-state index in [9.17, 15) is 21.0 Å². The first kappa shape index (κ1) is 28.6. The minimum absolute atomic E-state index is 0.408. The summed E-state index contributed by atoms with van der Waals surface area (Å²) < 4.78 is 3.98. The van der Waals surface area contributed by atoms with Crippen LogP contribution in [0.1, 0.15) is 40.4 Å². The zero-order valence-corrected chi connectivity index (χ0v) is 25.4. The van der Waals surface area contributed by atoms with Crippen molar-refractivity contribution in [3.63, 3.8) is 0 Å². The average molecular weight is 601 g/mol. The molecule has 218 valence electrons. The Kier molecular flexibility index (Phi) is 6.96. The lowest BCUT2D eigenvalue weighted by Crippen LogP contribution is -2.03. The zero-order chi connectivity index (χ0) is 32.7. The number of nitriles is 4. The van der Waals surface area contributed by atoms with Gasteiger partial charge in [0.2, 0.25) is 0 Å². The maximum atomic E-state index is 10.00. The van der Waals surface area contributed by atoms with Crippen LogP contribution < -0.4 is 0 Å². The molecule has 7 rings (SSSR count). The number of allylic oxidation sites excluding steroid dienone is 1. The summed E-state index contributed by atoms with van der Waals surface area (Å²) in [6, 6.07) is 39.9. The zero-order valence-electron chi connectivity index (χ0n) is 25.4. The van der Waals surface area contributed by atoms with Crippen LogP contribution in [0.4, 0.5) is 0 Å². The van der Waals surface area contributed by atoms with Crippen LogP contribution >= 0.6 is 0 Å². The maximum absolute atomic E-state index is 10.00. The fourth-order valence-electron chi connectivity index (χ4n) is 6.62. The molecule has 0 spiro atoms. The van der Waals surface area contributed by atoms with E-state index in [2.05, 4.69) is 55.1 Å². The lowest BCUT2D eigenvalue weighted by Gasteiger charge is -2.13. The summed E-state index contributed by atoms with van der Waals surface area (Å²) in [5.41, 5.74) is 9.12. The molecule has 0 atom stereocenters. The number of hydrogen-bond donors (Lipinski definition) is 0. The second-order valence-electron chi connectivity index (χ2n) is 11.0. The smallest absolute Gasteiger partial charge is 0.101 e. The van der Waals surface area contributed by atoms with Crippen molar-refractivity contribution in [1.29, 1.82) is 21.0 Å². The van der Waals surface area contributed by atoms with Gasteiger partial charge in [-0.05, 0) is 78.7 Å². The molecule has 0 aliphatic heterocycles. The fraction of sp³-hybridized carbons (Fsp3) is 0.0244. The van der Waals surface area contributed by atoms with Gasteiger partial charge in [-0.1, -0.05) is 61.2 Å². The molecule has 0 fully saturated rings. The first-order valence-corrected chi connectivity index (χ1v) is 14.9. The maximum Gasteiger partial charge on any atom is 0.101 e. The largest absolute Gasteiger partial charge is 0.307 e. The van der Waals surface area contributed by atoms with E-state index in [1.54, 1.807) is 36.4 Å². The molecule has 0 saturated carbocycles. The molecule has 2 aromatic heterocycles. The molecular weight excluding hydrogens is 576 g/mol. The molecule has 6 heteroatoms. The Hall–Kier alpha value is -7.12. The molecule has 0 unspecified atom stereocenters. The van der Waals surface area contributed by atoms with Gasteiger partial charge in [0.25, 0.3) is 0 Å². The highest BCUT2D eigenvalue weighted by atomic mass is 15.0. The van der Waals surface area contributed by atoms with E-state index in [1.807, 2.05) is 70.7 Å². The van der Waals surface area contributed by atoms with E-state index in [0.29, 0.717) is 33.6 Å². The van der Waals surface area contributed by atoms with Gasteiger partial charge in [-0.15, -0.1) is 0 Å². The van der Waals surface area contributed by atoms with E-state index in [1.165, 1.54) is 0 Å².